The highest BCUT2D eigenvalue weighted by Crippen LogP contribution is 2.50. The van der Waals surface area contributed by atoms with E-state index in [1.807, 2.05) is 0 Å². The summed E-state index contributed by atoms with van der Waals surface area (Å²) in [6.07, 6.45) is -12.6. The molecule has 2 aliphatic rings. The number of carbonyl (C=O) groups excluding carboxylic acids is 2. The van der Waals surface area contributed by atoms with Crippen LogP contribution in [0.1, 0.15) is 36.1 Å². The van der Waals surface area contributed by atoms with E-state index in [0.717, 1.165) is 12.1 Å². The first kappa shape index (κ1) is 28.8. The molecule has 2 aliphatic heterocycles. The van der Waals surface area contributed by atoms with Gasteiger partial charge in [0.05, 0.1) is 17.3 Å². The van der Waals surface area contributed by atoms with Gasteiger partial charge in [-0.15, -0.1) is 0 Å². The highest BCUT2D eigenvalue weighted by atomic mass is 32.2. The molecular formula is C24H22F6N2O6S. The molecule has 212 valence electrons. The Balaban J connectivity index is 1.64. The molecular weight excluding hydrogens is 558 g/mol. The SMILES string of the molecule is CCS(=O)(=O)c1ccc2c(c1)CN(C(=O)C1CCO1)C2C(=O)Nc1ccc(C(O)(C(F)(F)F)C(F)(F)F)cc1. The standard InChI is InChI=1S/C24H22F6N2O6S/c1-2-39(36,37)16-7-8-17-13(11-16)12-32(21(34)18-9-10-38-18)19(17)20(33)31-15-5-3-14(4-6-15)22(35,23(25,26)27)24(28,29)30/h3-8,11,18-19,35H,2,9-10,12H2,1H3,(H,31,33). The van der Waals surface area contributed by atoms with Crippen molar-refractivity contribution >= 4 is 27.3 Å². The quantitative estimate of drug-likeness (QED) is 0.505. The van der Waals surface area contributed by atoms with Crippen LogP contribution in [0.25, 0.3) is 0 Å². The maximum atomic E-state index is 13.3. The number of fused-ring (bicyclic) bond motifs is 1. The van der Waals surface area contributed by atoms with Crippen LogP contribution in [-0.4, -0.2) is 61.1 Å². The monoisotopic (exact) mass is 580 g/mol. The predicted octanol–water partition coefficient (Wildman–Crippen LogP) is 3.60. The molecule has 0 bridgehead atoms. The first-order valence-electron chi connectivity index (χ1n) is 11.6. The Morgan fingerprint density at radius 1 is 1.05 bits per heavy atom. The van der Waals surface area contributed by atoms with Crippen molar-refractivity contribution in [2.45, 2.75) is 54.9 Å². The van der Waals surface area contributed by atoms with Gasteiger partial charge in [0.15, 0.2) is 9.84 Å². The lowest BCUT2D eigenvalue weighted by atomic mass is 9.92. The van der Waals surface area contributed by atoms with E-state index in [2.05, 4.69) is 5.32 Å². The minimum absolute atomic E-state index is 0.00509. The van der Waals surface area contributed by atoms with Gasteiger partial charge in [0.25, 0.3) is 17.4 Å². The number of rotatable bonds is 6. The van der Waals surface area contributed by atoms with Gasteiger partial charge in [-0.25, -0.2) is 8.42 Å². The minimum Gasteiger partial charge on any atom is -0.369 e. The number of carbonyl (C=O) groups is 2. The smallest absolute Gasteiger partial charge is 0.369 e. The van der Waals surface area contributed by atoms with Crippen LogP contribution in [0.4, 0.5) is 32.0 Å². The van der Waals surface area contributed by atoms with Gasteiger partial charge in [-0.3, -0.25) is 9.59 Å². The van der Waals surface area contributed by atoms with Crippen molar-refractivity contribution in [3.05, 3.63) is 59.2 Å². The van der Waals surface area contributed by atoms with Gasteiger partial charge in [0.2, 0.25) is 0 Å². The van der Waals surface area contributed by atoms with E-state index in [0.29, 0.717) is 36.3 Å². The molecule has 0 saturated carbocycles. The van der Waals surface area contributed by atoms with Crippen LogP contribution in [0.5, 0.6) is 0 Å². The number of alkyl halides is 6. The zero-order chi connectivity index (χ0) is 29.0. The lowest BCUT2D eigenvalue weighted by molar-refractivity contribution is -0.376. The third-order valence-corrected chi connectivity index (χ3v) is 8.43. The van der Waals surface area contributed by atoms with Crippen LogP contribution in [-0.2, 0) is 36.3 Å². The molecule has 0 aliphatic carbocycles. The Bertz CT molecular complexity index is 1370. The average Bonchev–Trinajstić information content (AvgIpc) is 3.20. The van der Waals surface area contributed by atoms with Crippen molar-refractivity contribution in [1.29, 1.82) is 0 Å². The second-order valence-corrected chi connectivity index (χ2v) is 11.3. The van der Waals surface area contributed by atoms with E-state index in [4.69, 9.17) is 4.74 Å². The van der Waals surface area contributed by atoms with Gasteiger partial charge >= 0.3 is 12.4 Å². The molecule has 2 heterocycles. The number of anilines is 1. The fourth-order valence-electron chi connectivity index (χ4n) is 4.39. The van der Waals surface area contributed by atoms with Crippen LogP contribution < -0.4 is 5.32 Å². The topological polar surface area (TPSA) is 113 Å². The molecule has 2 atom stereocenters. The van der Waals surface area contributed by atoms with Gasteiger partial charge < -0.3 is 20.1 Å². The number of nitrogens with one attached hydrogen (secondary N) is 1. The molecule has 2 amide bonds. The minimum atomic E-state index is -6.07. The number of sulfone groups is 1. The van der Waals surface area contributed by atoms with Crippen LogP contribution in [0.2, 0.25) is 0 Å². The van der Waals surface area contributed by atoms with Crippen LogP contribution >= 0.6 is 0 Å². The lowest BCUT2D eigenvalue weighted by Crippen LogP contribution is -2.53. The Kier molecular flexibility index (Phi) is 7.23. The van der Waals surface area contributed by atoms with Crippen molar-refractivity contribution in [3.8, 4) is 0 Å². The van der Waals surface area contributed by atoms with E-state index < -0.39 is 57.3 Å². The van der Waals surface area contributed by atoms with Crippen LogP contribution in [0.3, 0.4) is 0 Å². The molecule has 0 radical (unpaired) electrons. The Labute approximate surface area is 218 Å². The van der Waals surface area contributed by atoms with E-state index >= 15 is 0 Å². The summed E-state index contributed by atoms with van der Waals surface area (Å²) in [4.78, 5) is 27.5. The number of amides is 2. The molecule has 0 spiro atoms. The Morgan fingerprint density at radius 2 is 1.64 bits per heavy atom. The van der Waals surface area contributed by atoms with Gasteiger partial charge in [0.1, 0.15) is 12.1 Å². The highest BCUT2D eigenvalue weighted by Gasteiger charge is 2.71. The van der Waals surface area contributed by atoms with Gasteiger partial charge in [-0.2, -0.15) is 26.3 Å². The summed E-state index contributed by atoms with van der Waals surface area (Å²) in [6.45, 7) is 1.67. The number of nitrogens with zero attached hydrogens (tertiary/aromatic N) is 1. The number of hydrogen-bond donors (Lipinski definition) is 2. The van der Waals surface area contributed by atoms with E-state index in [1.165, 1.54) is 30.0 Å². The van der Waals surface area contributed by atoms with Crippen molar-refractivity contribution in [2.75, 3.05) is 17.7 Å². The number of hydrogen-bond acceptors (Lipinski definition) is 6. The molecule has 2 unspecified atom stereocenters. The first-order chi connectivity index (χ1) is 18.0. The van der Waals surface area contributed by atoms with Gasteiger partial charge in [-0.05, 0) is 35.4 Å². The Morgan fingerprint density at radius 3 is 2.13 bits per heavy atom. The van der Waals surface area contributed by atoms with Crippen LogP contribution in [0.15, 0.2) is 47.4 Å². The molecule has 4 rings (SSSR count). The molecule has 1 fully saturated rings. The van der Waals surface area contributed by atoms with Crippen molar-refractivity contribution < 1.29 is 54.2 Å². The van der Waals surface area contributed by atoms with E-state index in [9.17, 15) is 49.5 Å². The summed E-state index contributed by atoms with van der Waals surface area (Å²) in [6, 6.07) is 5.01. The van der Waals surface area contributed by atoms with E-state index in [-0.39, 0.29) is 22.9 Å². The normalized spacial score (nSPS) is 19.8. The molecule has 2 aromatic rings. The van der Waals surface area contributed by atoms with Gasteiger partial charge in [-0.1, -0.05) is 25.1 Å². The second kappa shape index (κ2) is 9.78. The molecule has 15 heteroatoms. The summed E-state index contributed by atoms with van der Waals surface area (Å²) in [5, 5.41) is 11.9. The van der Waals surface area contributed by atoms with E-state index in [1.54, 1.807) is 0 Å². The number of halogens is 6. The maximum absolute atomic E-state index is 13.3. The molecule has 39 heavy (non-hydrogen) atoms. The first-order valence-corrected chi connectivity index (χ1v) is 13.2. The van der Waals surface area contributed by atoms with Crippen molar-refractivity contribution in [1.82, 2.24) is 4.90 Å². The number of benzene rings is 2. The molecule has 8 nitrogen and oxygen atoms in total. The number of ether oxygens (including phenoxy) is 1. The fourth-order valence-corrected chi connectivity index (χ4v) is 5.32. The highest BCUT2D eigenvalue weighted by molar-refractivity contribution is 7.91. The molecule has 1 saturated heterocycles. The summed E-state index contributed by atoms with van der Waals surface area (Å²) in [5.74, 6) is -1.56. The predicted molar refractivity (Wildman–Crippen MR) is 123 cm³/mol. The zero-order valence-corrected chi connectivity index (χ0v) is 21.0. The summed E-state index contributed by atoms with van der Waals surface area (Å²) < 4.78 is 109. The third-order valence-electron chi connectivity index (χ3n) is 6.70. The Hall–Kier alpha value is -3.17. The summed E-state index contributed by atoms with van der Waals surface area (Å²) >= 11 is 0. The molecule has 2 N–H and O–H groups in total. The lowest BCUT2D eigenvalue weighted by Gasteiger charge is -2.33. The van der Waals surface area contributed by atoms with Crippen molar-refractivity contribution in [2.24, 2.45) is 0 Å². The molecule has 0 aromatic heterocycles. The largest absolute Gasteiger partial charge is 0.430 e. The summed E-state index contributed by atoms with van der Waals surface area (Å²) in [7, 11) is -3.60. The van der Waals surface area contributed by atoms with Gasteiger partial charge in [0, 0.05) is 24.2 Å². The maximum Gasteiger partial charge on any atom is 0.430 e. The number of aliphatic hydroxyl groups is 1. The third kappa shape index (κ3) is 4.98. The zero-order valence-electron chi connectivity index (χ0n) is 20.1. The fraction of sp³-hybridized carbons (Fsp3) is 0.417. The average molecular weight is 581 g/mol. The summed E-state index contributed by atoms with van der Waals surface area (Å²) in [5.41, 5.74) is -6.16. The van der Waals surface area contributed by atoms with Crippen molar-refractivity contribution in [3.63, 3.8) is 0 Å². The molecule has 2 aromatic carbocycles. The second-order valence-electron chi connectivity index (χ2n) is 9.05. The van der Waals surface area contributed by atoms with Crippen LogP contribution in [0, 0.1) is 0 Å².